The molecule has 0 aromatic heterocycles. The molecule has 0 aromatic carbocycles. The Hall–Kier alpha value is -0.170. The van der Waals surface area contributed by atoms with Crippen LogP contribution in [0.5, 0.6) is 0 Å². The van der Waals surface area contributed by atoms with Gasteiger partial charge in [-0.3, -0.25) is 4.90 Å². The molecule has 2 saturated heterocycles. The van der Waals surface area contributed by atoms with Crippen molar-refractivity contribution >= 4 is 9.84 Å². The van der Waals surface area contributed by atoms with Crippen LogP contribution in [0.1, 0.15) is 12.8 Å². The van der Waals surface area contributed by atoms with Crippen LogP contribution in [0.4, 0.5) is 0 Å². The maximum atomic E-state index is 11.5. The van der Waals surface area contributed by atoms with E-state index >= 15 is 0 Å². The molecule has 2 aliphatic heterocycles. The summed E-state index contributed by atoms with van der Waals surface area (Å²) < 4.78 is 28.4. The van der Waals surface area contributed by atoms with Crippen LogP contribution >= 0.6 is 0 Å². The molecule has 94 valence electrons. The predicted octanol–water partition coefficient (Wildman–Crippen LogP) is -0.778. The zero-order chi connectivity index (χ0) is 11.8. The lowest BCUT2D eigenvalue weighted by Gasteiger charge is -2.37. The molecule has 0 amide bonds. The SMILES string of the molecule is COC1CCCN(C2CS(=O)(=O)CC2N)C1. The standard InChI is InChI=1S/C10H20N2O3S/c1-15-8-3-2-4-12(5-8)10-7-16(13,14)6-9(10)11/h8-10H,2-7,11H2,1H3. The van der Waals surface area contributed by atoms with Gasteiger partial charge < -0.3 is 10.5 Å². The summed E-state index contributed by atoms with van der Waals surface area (Å²) in [6, 6.07) is -0.247. The molecule has 6 heteroatoms. The molecule has 0 bridgehead atoms. The fourth-order valence-corrected chi connectivity index (χ4v) is 4.62. The molecule has 2 heterocycles. The van der Waals surface area contributed by atoms with Gasteiger partial charge in [0.2, 0.25) is 0 Å². The van der Waals surface area contributed by atoms with Gasteiger partial charge in [-0.1, -0.05) is 0 Å². The van der Waals surface area contributed by atoms with Crippen molar-refractivity contribution < 1.29 is 13.2 Å². The molecule has 5 nitrogen and oxygen atoms in total. The van der Waals surface area contributed by atoms with E-state index in [0.717, 1.165) is 25.9 Å². The van der Waals surface area contributed by atoms with E-state index in [4.69, 9.17) is 10.5 Å². The maximum absolute atomic E-state index is 11.5. The normalized spacial score (nSPS) is 40.0. The van der Waals surface area contributed by atoms with Crippen molar-refractivity contribution in [3.05, 3.63) is 0 Å². The van der Waals surface area contributed by atoms with Crippen LogP contribution in [0.2, 0.25) is 0 Å². The van der Waals surface area contributed by atoms with Gasteiger partial charge in [0.05, 0.1) is 17.6 Å². The third-order valence-corrected chi connectivity index (χ3v) is 5.32. The summed E-state index contributed by atoms with van der Waals surface area (Å²) in [7, 11) is -1.22. The second-order valence-electron chi connectivity index (χ2n) is 4.80. The van der Waals surface area contributed by atoms with Crippen LogP contribution in [0.3, 0.4) is 0 Å². The molecular weight excluding hydrogens is 228 g/mol. The number of nitrogens with zero attached hydrogens (tertiary/aromatic N) is 1. The zero-order valence-corrected chi connectivity index (χ0v) is 10.4. The molecule has 3 atom stereocenters. The maximum Gasteiger partial charge on any atom is 0.153 e. The summed E-state index contributed by atoms with van der Waals surface area (Å²) in [5.74, 6) is 0.344. The first-order valence-corrected chi connectivity index (χ1v) is 7.57. The van der Waals surface area contributed by atoms with Gasteiger partial charge in [-0.05, 0) is 19.4 Å². The van der Waals surface area contributed by atoms with Crippen LogP contribution in [-0.4, -0.2) is 63.2 Å². The minimum absolute atomic E-state index is 0.0112. The minimum Gasteiger partial charge on any atom is -0.380 e. The first kappa shape index (κ1) is 12.3. The smallest absolute Gasteiger partial charge is 0.153 e. The molecule has 0 spiro atoms. The Labute approximate surface area is 96.9 Å². The molecule has 0 aliphatic carbocycles. The number of ether oxygens (including phenoxy) is 1. The van der Waals surface area contributed by atoms with Crippen molar-refractivity contribution in [2.75, 3.05) is 31.7 Å². The predicted molar refractivity (Wildman–Crippen MR) is 62.0 cm³/mol. The lowest BCUT2D eigenvalue weighted by atomic mass is 10.0. The largest absolute Gasteiger partial charge is 0.380 e. The van der Waals surface area contributed by atoms with E-state index in [1.54, 1.807) is 7.11 Å². The second-order valence-corrected chi connectivity index (χ2v) is 6.96. The Morgan fingerprint density at radius 2 is 2.12 bits per heavy atom. The number of likely N-dealkylation sites (tertiary alicyclic amines) is 1. The van der Waals surface area contributed by atoms with Gasteiger partial charge in [-0.2, -0.15) is 0 Å². The van der Waals surface area contributed by atoms with Crippen LogP contribution in [-0.2, 0) is 14.6 Å². The lowest BCUT2D eigenvalue weighted by Crippen LogP contribution is -2.52. The number of nitrogens with two attached hydrogens (primary N) is 1. The van der Waals surface area contributed by atoms with Crippen LogP contribution in [0, 0.1) is 0 Å². The molecular formula is C10H20N2O3S. The van der Waals surface area contributed by atoms with Crippen LogP contribution in [0.25, 0.3) is 0 Å². The quantitative estimate of drug-likeness (QED) is 0.694. The summed E-state index contributed by atoms with van der Waals surface area (Å²) >= 11 is 0. The third-order valence-electron chi connectivity index (χ3n) is 3.58. The molecule has 3 unspecified atom stereocenters. The monoisotopic (exact) mass is 248 g/mol. The summed E-state index contributed by atoms with van der Waals surface area (Å²) in [4.78, 5) is 2.19. The van der Waals surface area contributed by atoms with Gasteiger partial charge in [-0.25, -0.2) is 8.42 Å². The average Bonchev–Trinajstić information content (AvgIpc) is 2.52. The van der Waals surface area contributed by atoms with Crippen molar-refractivity contribution in [1.82, 2.24) is 4.90 Å². The highest BCUT2D eigenvalue weighted by Crippen LogP contribution is 2.22. The Kier molecular flexibility index (Phi) is 3.53. The number of piperidine rings is 1. The highest BCUT2D eigenvalue weighted by atomic mass is 32.2. The van der Waals surface area contributed by atoms with Gasteiger partial charge in [0.25, 0.3) is 0 Å². The Balaban J connectivity index is 2.02. The van der Waals surface area contributed by atoms with Crippen molar-refractivity contribution in [3.8, 4) is 0 Å². The molecule has 2 aliphatic rings. The Bertz CT molecular complexity index is 344. The highest BCUT2D eigenvalue weighted by molar-refractivity contribution is 7.91. The average molecular weight is 248 g/mol. The minimum atomic E-state index is -2.93. The molecule has 0 aromatic rings. The number of methoxy groups -OCH3 is 1. The van der Waals surface area contributed by atoms with Crippen molar-refractivity contribution in [2.45, 2.75) is 31.0 Å². The summed E-state index contributed by atoms with van der Waals surface area (Å²) in [5, 5.41) is 0. The molecule has 16 heavy (non-hydrogen) atoms. The molecule has 0 saturated carbocycles. The van der Waals surface area contributed by atoms with Gasteiger partial charge in [0, 0.05) is 25.7 Å². The van der Waals surface area contributed by atoms with Crippen LogP contribution < -0.4 is 5.73 Å². The summed E-state index contributed by atoms with van der Waals surface area (Å²) in [6.07, 6.45) is 2.34. The highest BCUT2D eigenvalue weighted by Gasteiger charge is 2.40. The molecule has 2 fully saturated rings. The second kappa shape index (κ2) is 4.60. The molecule has 2 N–H and O–H groups in total. The zero-order valence-electron chi connectivity index (χ0n) is 9.63. The summed E-state index contributed by atoms with van der Waals surface area (Å²) in [5.41, 5.74) is 5.91. The van der Waals surface area contributed by atoms with E-state index in [1.807, 2.05) is 0 Å². The van der Waals surface area contributed by atoms with E-state index in [9.17, 15) is 8.42 Å². The number of sulfone groups is 1. The van der Waals surface area contributed by atoms with Crippen LogP contribution in [0.15, 0.2) is 0 Å². The van der Waals surface area contributed by atoms with Crippen molar-refractivity contribution in [2.24, 2.45) is 5.73 Å². The molecule has 2 rings (SSSR count). The topological polar surface area (TPSA) is 72.6 Å². The number of rotatable bonds is 2. The van der Waals surface area contributed by atoms with E-state index in [0.29, 0.717) is 0 Å². The van der Waals surface area contributed by atoms with Gasteiger partial charge in [-0.15, -0.1) is 0 Å². The Morgan fingerprint density at radius 1 is 1.38 bits per heavy atom. The first-order chi connectivity index (χ1) is 7.52. The Morgan fingerprint density at radius 3 is 2.69 bits per heavy atom. The van der Waals surface area contributed by atoms with E-state index in [2.05, 4.69) is 4.90 Å². The molecule has 0 radical (unpaired) electrons. The van der Waals surface area contributed by atoms with E-state index < -0.39 is 9.84 Å². The van der Waals surface area contributed by atoms with Crippen molar-refractivity contribution in [3.63, 3.8) is 0 Å². The lowest BCUT2D eigenvalue weighted by molar-refractivity contribution is 0.0162. The van der Waals surface area contributed by atoms with Gasteiger partial charge in [0.15, 0.2) is 9.84 Å². The fraction of sp³-hybridized carbons (Fsp3) is 1.00. The number of hydrogen-bond donors (Lipinski definition) is 1. The van der Waals surface area contributed by atoms with E-state index in [-0.39, 0.29) is 29.7 Å². The number of hydrogen-bond acceptors (Lipinski definition) is 5. The third kappa shape index (κ3) is 2.56. The fourth-order valence-electron chi connectivity index (χ4n) is 2.69. The first-order valence-electron chi connectivity index (χ1n) is 5.74. The van der Waals surface area contributed by atoms with Gasteiger partial charge in [0.1, 0.15) is 0 Å². The van der Waals surface area contributed by atoms with E-state index in [1.165, 1.54) is 0 Å². The van der Waals surface area contributed by atoms with Crippen molar-refractivity contribution in [1.29, 1.82) is 0 Å². The van der Waals surface area contributed by atoms with Gasteiger partial charge >= 0.3 is 0 Å². The summed E-state index contributed by atoms with van der Waals surface area (Å²) in [6.45, 7) is 1.75.